The first-order valence-corrected chi connectivity index (χ1v) is 5.27. The zero-order chi connectivity index (χ0) is 11.0. The molecule has 0 heterocycles. The highest BCUT2D eigenvalue weighted by molar-refractivity contribution is 7.84. The summed E-state index contributed by atoms with van der Waals surface area (Å²) < 4.78 is 0. The van der Waals surface area contributed by atoms with Crippen molar-refractivity contribution in [2.45, 2.75) is 13.8 Å². The Morgan fingerprint density at radius 1 is 1.57 bits per heavy atom. The lowest BCUT2D eigenvalue weighted by molar-refractivity contribution is 0.367. The van der Waals surface area contributed by atoms with Crippen molar-refractivity contribution in [3.8, 4) is 0 Å². The number of allylic oxidation sites excluding steroid dienone is 1. The van der Waals surface area contributed by atoms with Gasteiger partial charge in [0, 0.05) is 36.5 Å². The van der Waals surface area contributed by atoms with E-state index in [4.69, 9.17) is 0 Å². The van der Waals surface area contributed by atoms with Crippen LogP contribution in [0.2, 0.25) is 0 Å². The fourth-order valence-electron chi connectivity index (χ4n) is 1.02. The minimum absolute atomic E-state index is 0.855. The molecule has 0 aliphatic carbocycles. The van der Waals surface area contributed by atoms with Crippen LogP contribution >= 0.6 is 12.6 Å². The molecule has 1 N–H and O–H groups in total. The van der Waals surface area contributed by atoms with Gasteiger partial charge in [0.15, 0.2) is 0 Å². The van der Waals surface area contributed by atoms with E-state index in [0.29, 0.717) is 0 Å². The van der Waals surface area contributed by atoms with Gasteiger partial charge < -0.3 is 10.2 Å². The van der Waals surface area contributed by atoms with Gasteiger partial charge in [-0.25, -0.2) is 0 Å². The van der Waals surface area contributed by atoms with Crippen LogP contribution in [0.3, 0.4) is 0 Å². The summed E-state index contributed by atoms with van der Waals surface area (Å²) >= 11 is 4.42. The zero-order valence-corrected chi connectivity index (χ0v) is 10.4. The molecular weight excluding hydrogens is 194 g/mol. The number of nitrogens with one attached hydrogen (secondary N) is 1. The Kier molecular flexibility index (Phi) is 7.84. The number of hydrogen-bond donors (Lipinski definition) is 2. The Morgan fingerprint density at radius 3 is 2.71 bits per heavy atom. The molecule has 0 aromatic heterocycles. The zero-order valence-electron chi connectivity index (χ0n) is 9.54. The smallest absolute Gasteiger partial charge is 0.0474 e. The van der Waals surface area contributed by atoms with E-state index < -0.39 is 0 Å². The van der Waals surface area contributed by atoms with Gasteiger partial charge in [0.25, 0.3) is 0 Å². The second-order valence-corrected chi connectivity index (χ2v) is 3.80. The molecule has 0 aliphatic rings. The molecule has 4 heteroatoms. The van der Waals surface area contributed by atoms with Crippen LogP contribution in [0.1, 0.15) is 13.8 Å². The summed E-state index contributed by atoms with van der Waals surface area (Å²) in [4.78, 5) is 7.44. The SMILES string of the molecule is CC=N/C(C)=C(\S)CN(C)CCNC. The molecule has 0 radical (unpaired) electrons. The fourth-order valence-corrected chi connectivity index (χ4v) is 1.32. The Balaban J connectivity index is 4.03. The molecule has 0 spiro atoms. The van der Waals surface area contributed by atoms with Crippen molar-refractivity contribution in [3.63, 3.8) is 0 Å². The lowest BCUT2D eigenvalue weighted by Crippen LogP contribution is -2.28. The van der Waals surface area contributed by atoms with Crippen molar-refractivity contribution in [2.75, 3.05) is 33.7 Å². The van der Waals surface area contributed by atoms with E-state index in [2.05, 4.69) is 34.9 Å². The Hall–Kier alpha value is -0.320. The normalized spacial score (nSPS) is 13.9. The maximum absolute atomic E-state index is 4.42. The number of aliphatic imine (C=N–C) groups is 1. The van der Waals surface area contributed by atoms with Crippen molar-refractivity contribution in [1.82, 2.24) is 10.2 Å². The maximum Gasteiger partial charge on any atom is 0.0474 e. The molecule has 14 heavy (non-hydrogen) atoms. The molecule has 3 nitrogen and oxygen atoms in total. The van der Waals surface area contributed by atoms with Crippen LogP contribution < -0.4 is 5.32 Å². The lowest BCUT2D eigenvalue weighted by Gasteiger charge is -2.16. The van der Waals surface area contributed by atoms with Gasteiger partial charge in [0.05, 0.1) is 0 Å². The highest BCUT2D eigenvalue weighted by atomic mass is 32.1. The average molecular weight is 215 g/mol. The number of nitrogens with zero attached hydrogens (tertiary/aromatic N) is 2. The van der Waals surface area contributed by atoms with Gasteiger partial charge in [0.2, 0.25) is 0 Å². The molecule has 0 amide bonds. The van der Waals surface area contributed by atoms with Crippen LogP contribution in [0.4, 0.5) is 0 Å². The van der Waals surface area contributed by atoms with Crippen LogP contribution in [0, 0.1) is 0 Å². The predicted octanol–water partition coefficient (Wildman–Crippen LogP) is 1.39. The third-order valence-corrected chi connectivity index (χ3v) is 2.37. The third-order valence-electron chi connectivity index (χ3n) is 1.90. The fraction of sp³-hybridized carbons (Fsp3) is 0.700. The van der Waals surface area contributed by atoms with Gasteiger partial charge in [-0.15, -0.1) is 12.6 Å². The van der Waals surface area contributed by atoms with E-state index in [0.717, 1.165) is 30.2 Å². The van der Waals surface area contributed by atoms with E-state index >= 15 is 0 Å². The van der Waals surface area contributed by atoms with Gasteiger partial charge in [-0.2, -0.15) is 0 Å². The van der Waals surface area contributed by atoms with Crippen molar-refractivity contribution in [1.29, 1.82) is 0 Å². The van der Waals surface area contributed by atoms with Gasteiger partial charge in [-0.3, -0.25) is 4.99 Å². The molecular formula is C10H21N3S. The van der Waals surface area contributed by atoms with E-state index in [-0.39, 0.29) is 0 Å². The Bertz CT molecular complexity index is 211. The molecule has 0 rings (SSSR count). The summed E-state index contributed by atoms with van der Waals surface area (Å²) in [6.45, 7) is 6.76. The summed E-state index contributed by atoms with van der Waals surface area (Å²) in [5.41, 5.74) is 0.993. The van der Waals surface area contributed by atoms with Crippen LogP contribution in [-0.4, -0.2) is 44.8 Å². The standard InChI is InChI=1S/C10H21N3S/c1-5-12-9(2)10(14)8-13(4)7-6-11-3/h5,11,14H,6-8H2,1-4H3/b10-9-,12-5?. The molecule has 0 aromatic rings. The average Bonchev–Trinajstić information content (AvgIpc) is 2.15. The monoisotopic (exact) mass is 215 g/mol. The van der Waals surface area contributed by atoms with E-state index in [9.17, 15) is 0 Å². The van der Waals surface area contributed by atoms with Gasteiger partial charge in [-0.1, -0.05) is 0 Å². The van der Waals surface area contributed by atoms with Crippen molar-refractivity contribution in [3.05, 3.63) is 10.6 Å². The summed E-state index contributed by atoms with van der Waals surface area (Å²) in [6, 6.07) is 0. The minimum Gasteiger partial charge on any atom is -0.318 e. The van der Waals surface area contributed by atoms with Crippen LogP contribution in [0.5, 0.6) is 0 Å². The molecule has 0 aromatic carbocycles. The van der Waals surface area contributed by atoms with E-state index in [1.165, 1.54) is 0 Å². The Labute approximate surface area is 92.7 Å². The third kappa shape index (κ3) is 6.18. The molecule has 0 saturated heterocycles. The molecule has 0 atom stereocenters. The minimum atomic E-state index is 0.855. The summed E-state index contributed by atoms with van der Waals surface area (Å²) in [5, 5.41) is 3.11. The topological polar surface area (TPSA) is 27.6 Å². The molecule has 0 fully saturated rings. The number of thiol groups is 1. The molecule has 0 aliphatic heterocycles. The quantitative estimate of drug-likeness (QED) is 0.517. The number of rotatable bonds is 6. The molecule has 0 bridgehead atoms. The highest BCUT2D eigenvalue weighted by Gasteiger charge is 2.01. The van der Waals surface area contributed by atoms with Crippen molar-refractivity contribution in [2.24, 2.45) is 4.99 Å². The number of likely N-dealkylation sites (N-methyl/N-ethyl adjacent to an activating group) is 2. The lowest BCUT2D eigenvalue weighted by atomic mass is 10.4. The molecule has 0 saturated carbocycles. The molecule has 0 unspecified atom stereocenters. The summed E-state index contributed by atoms with van der Waals surface area (Å²) in [6.07, 6.45) is 1.79. The van der Waals surface area contributed by atoms with E-state index in [1.54, 1.807) is 6.21 Å². The van der Waals surface area contributed by atoms with Crippen molar-refractivity contribution < 1.29 is 0 Å². The predicted molar refractivity (Wildman–Crippen MR) is 67.3 cm³/mol. The summed E-state index contributed by atoms with van der Waals surface area (Å²) in [7, 11) is 4.04. The first-order chi connectivity index (χ1) is 6.61. The van der Waals surface area contributed by atoms with Gasteiger partial charge in [0.1, 0.15) is 0 Å². The largest absolute Gasteiger partial charge is 0.318 e. The maximum atomic E-state index is 4.42. The summed E-state index contributed by atoms with van der Waals surface area (Å²) in [5.74, 6) is 0. The van der Waals surface area contributed by atoms with Gasteiger partial charge in [-0.05, 0) is 27.9 Å². The highest BCUT2D eigenvalue weighted by Crippen LogP contribution is 2.10. The molecule has 82 valence electrons. The first kappa shape index (κ1) is 13.7. The number of hydrogen-bond acceptors (Lipinski definition) is 4. The van der Waals surface area contributed by atoms with Crippen molar-refractivity contribution >= 4 is 18.8 Å². The second-order valence-electron chi connectivity index (χ2n) is 3.26. The first-order valence-electron chi connectivity index (χ1n) is 4.82. The Morgan fingerprint density at radius 2 is 2.21 bits per heavy atom. The van der Waals surface area contributed by atoms with Crippen LogP contribution in [0.15, 0.2) is 15.6 Å². The van der Waals surface area contributed by atoms with Gasteiger partial charge >= 0.3 is 0 Å². The van der Waals surface area contributed by atoms with E-state index in [1.807, 2.05) is 20.9 Å². The van der Waals surface area contributed by atoms with Crippen LogP contribution in [-0.2, 0) is 0 Å². The van der Waals surface area contributed by atoms with Crippen LogP contribution in [0.25, 0.3) is 0 Å². The second kappa shape index (κ2) is 8.03.